The van der Waals surface area contributed by atoms with Crippen molar-refractivity contribution in [1.29, 1.82) is 0 Å². The number of pyridine rings is 1. The van der Waals surface area contributed by atoms with Gasteiger partial charge in [-0.05, 0) is 25.5 Å². The lowest BCUT2D eigenvalue weighted by atomic mass is 10.1. The molecular weight excluding hydrogens is 412 g/mol. The number of nitrogens with zero attached hydrogens (tertiary/aromatic N) is 5. The molecule has 0 radical (unpaired) electrons. The van der Waals surface area contributed by atoms with Gasteiger partial charge >= 0.3 is 0 Å². The summed E-state index contributed by atoms with van der Waals surface area (Å²) in [5.74, 6) is 1.43. The third-order valence-corrected chi connectivity index (χ3v) is 5.24. The van der Waals surface area contributed by atoms with E-state index in [2.05, 4.69) is 36.0 Å². The van der Waals surface area contributed by atoms with Gasteiger partial charge < -0.3 is 25.4 Å². The Kier molecular flexibility index (Phi) is 6.17. The molecule has 168 valence electrons. The SMILES string of the molecule is COc1cc(Cn2cc(CNc3nc(C)c4c(n3)N[C@@H]([C@@H](C)OC)C(=O)N4)cn2)ccn1. The second-order valence-corrected chi connectivity index (χ2v) is 7.51. The Bertz CT molecular complexity index is 1120. The molecule has 0 saturated carbocycles. The highest BCUT2D eigenvalue weighted by Crippen LogP contribution is 2.29. The first-order valence-corrected chi connectivity index (χ1v) is 10.2. The topological polar surface area (TPSA) is 128 Å². The molecule has 0 fully saturated rings. The molecule has 2 atom stereocenters. The van der Waals surface area contributed by atoms with E-state index in [0.29, 0.717) is 42.1 Å². The van der Waals surface area contributed by atoms with Crippen molar-refractivity contribution in [3.05, 3.63) is 47.5 Å². The Morgan fingerprint density at radius 3 is 2.91 bits per heavy atom. The smallest absolute Gasteiger partial charge is 0.249 e. The van der Waals surface area contributed by atoms with E-state index in [9.17, 15) is 4.79 Å². The van der Waals surface area contributed by atoms with E-state index in [-0.39, 0.29) is 12.0 Å². The van der Waals surface area contributed by atoms with Crippen molar-refractivity contribution in [2.45, 2.75) is 39.1 Å². The number of hydrogen-bond acceptors (Lipinski definition) is 9. The number of rotatable bonds is 8. The zero-order valence-corrected chi connectivity index (χ0v) is 18.4. The molecule has 0 saturated heterocycles. The minimum Gasteiger partial charge on any atom is -0.481 e. The van der Waals surface area contributed by atoms with Gasteiger partial charge in [0.25, 0.3) is 0 Å². The molecule has 3 aromatic rings. The largest absolute Gasteiger partial charge is 0.481 e. The number of nitrogens with one attached hydrogen (secondary N) is 3. The summed E-state index contributed by atoms with van der Waals surface area (Å²) < 4.78 is 12.3. The average molecular weight is 438 g/mol. The van der Waals surface area contributed by atoms with Crippen molar-refractivity contribution in [2.75, 3.05) is 30.2 Å². The van der Waals surface area contributed by atoms with Crippen LogP contribution in [-0.4, -0.2) is 57.0 Å². The maximum Gasteiger partial charge on any atom is 0.249 e. The summed E-state index contributed by atoms with van der Waals surface area (Å²) in [4.78, 5) is 25.4. The molecule has 1 amide bonds. The van der Waals surface area contributed by atoms with Crippen LogP contribution in [0.3, 0.4) is 0 Å². The number of fused-ring (bicyclic) bond motifs is 1. The van der Waals surface area contributed by atoms with Crippen molar-refractivity contribution in [1.82, 2.24) is 24.7 Å². The van der Waals surface area contributed by atoms with E-state index in [0.717, 1.165) is 11.1 Å². The molecule has 0 aromatic carbocycles. The molecule has 4 rings (SSSR count). The summed E-state index contributed by atoms with van der Waals surface area (Å²) >= 11 is 0. The fraction of sp³-hybridized carbons (Fsp3) is 0.381. The van der Waals surface area contributed by atoms with Crippen molar-refractivity contribution in [2.24, 2.45) is 0 Å². The molecule has 3 aromatic heterocycles. The number of amides is 1. The first-order valence-electron chi connectivity index (χ1n) is 10.2. The van der Waals surface area contributed by atoms with E-state index >= 15 is 0 Å². The molecule has 32 heavy (non-hydrogen) atoms. The molecule has 0 unspecified atom stereocenters. The second-order valence-electron chi connectivity index (χ2n) is 7.51. The van der Waals surface area contributed by atoms with E-state index in [1.54, 1.807) is 26.6 Å². The third kappa shape index (κ3) is 4.62. The lowest BCUT2D eigenvalue weighted by molar-refractivity contribution is -0.119. The highest BCUT2D eigenvalue weighted by Gasteiger charge is 2.32. The van der Waals surface area contributed by atoms with Crippen LogP contribution in [0.25, 0.3) is 0 Å². The third-order valence-electron chi connectivity index (χ3n) is 5.24. The minimum absolute atomic E-state index is 0.168. The highest BCUT2D eigenvalue weighted by molar-refractivity contribution is 6.03. The van der Waals surface area contributed by atoms with Crippen LogP contribution in [0.2, 0.25) is 0 Å². The first-order chi connectivity index (χ1) is 15.5. The van der Waals surface area contributed by atoms with Gasteiger partial charge in [-0.25, -0.2) is 9.97 Å². The van der Waals surface area contributed by atoms with Gasteiger partial charge in [0.2, 0.25) is 17.7 Å². The molecule has 11 heteroatoms. The fourth-order valence-electron chi connectivity index (χ4n) is 3.40. The van der Waals surface area contributed by atoms with Crippen LogP contribution in [0.15, 0.2) is 30.7 Å². The summed E-state index contributed by atoms with van der Waals surface area (Å²) in [5, 5.41) is 13.7. The van der Waals surface area contributed by atoms with Crippen LogP contribution in [0.1, 0.15) is 23.7 Å². The van der Waals surface area contributed by atoms with Crippen molar-refractivity contribution in [3.8, 4) is 5.88 Å². The monoisotopic (exact) mass is 438 g/mol. The summed E-state index contributed by atoms with van der Waals surface area (Å²) in [6, 6.07) is 3.28. The van der Waals surface area contributed by atoms with E-state index in [1.807, 2.05) is 36.9 Å². The first kappa shape index (κ1) is 21.5. The van der Waals surface area contributed by atoms with Gasteiger partial charge in [0.15, 0.2) is 5.82 Å². The van der Waals surface area contributed by atoms with Crippen molar-refractivity contribution < 1.29 is 14.3 Å². The number of hydrogen-bond donors (Lipinski definition) is 3. The van der Waals surface area contributed by atoms with Crippen molar-refractivity contribution in [3.63, 3.8) is 0 Å². The predicted octanol–water partition coefficient (Wildman–Crippen LogP) is 1.81. The molecule has 1 aliphatic rings. The fourth-order valence-corrected chi connectivity index (χ4v) is 3.40. The number of carbonyl (C=O) groups is 1. The van der Waals surface area contributed by atoms with Gasteiger partial charge in [-0.15, -0.1) is 0 Å². The van der Waals surface area contributed by atoms with Gasteiger partial charge in [-0.3, -0.25) is 9.48 Å². The summed E-state index contributed by atoms with van der Waals surface area (Å²) in [6.07, 6.45) is 5.16. The number of aryl methyl sites for hydroxylation is 1. The van der Waals surface area contributed by atoms with Crippen LogP contribution < -0.4 is 20.7 Å². The van der Waals surface area contributed by atoms with Crippen LogP contribution >= 0.6 is 0 Å². The molecule has 0 bridgehead atoms. The number of carbonyl (C=O) groups excluding carboxylic acids is 1. The zero-order chi connectivity index (χ0) is 22.7. The predicted molar refractivity (Wildman–Crippen MR) is 119 cm³/mol. The van der Waals surface area contributed by atoms with Gasteiger partial charge in [0, 0.05) is 37.7 Å². The second kappa shape index (κ2) is 9.18. The van der Waals surface area contributed by atoms with Crippen LogP contribution in [0.5, 0.6) is 5.88 Å². The molecule has 0 aliphatic carbocycles. The number of anilines is 3. The average Bonchev–Trinajstić information content (AvgIpc) is 3.24. The number of ether oxygens (including phenoxy) is 2. The Morgan fingerprint density at radius 1 is 1.28 bits per heavy atom. The van der Waals surface area contributed by atoms with Gasteiger partial charge in [0.1, 0.15) is 11.7 Å². The zero-order valence-electron chi connectivity index (χ0n) is 18.4. The molecule has 1 aliphatic heterocycles. The quantitative estimate of drug-likeness (QED) is 0.482. The molecule has 4 heterocycles. The lowest BCUT2D eigenvalue weighted by Crippen LogP contribution is -2.47. The Hall–Kier alpha value is -3.73. The van der Waals surface area contributed by atoms with Gasteiger partial charge in [0.05, 0.1) is 31.6 Å². The van der Waals surface area contributed by atoms with E-state index in [4.69, 9.17) is 9.47 Å². The Balaban J connectivity index is 1.42. The maximum atomic E-state index is 12.3. The van der Waals surface area contributed by atoms with Crippen molar-refractivity contribution >= 4 is 23.4 Å². The molecular formula is C21H26N8O3. The van der Waals surface area contributed by atoms with Crippen LogP contribution in [0, 0.1) is 6.92 Å². The maximum absolute atomic E-state index is 12.3. The summed E-state index contributed by atoms with van der Waals surface area (Å²) in [5.41, 5.74) is 3.28. The molecule has 0 spiro atoms. The normalized spacial score (nSPS) is 16.0. The highest BCUT2D eigenvalue weighted by atomic mass is 16.5. The van der Waals surface area contributed by atoms with Crippen LogP contribution in [0.4, 0.5) is 17.5 Å². The van der Waals surface area contributed by atoms with E-state index < -0.39 is 6.04 Å². The Labute approximate surface area is 185 Å². The molecule has 3 N–H and O–H groups in total. The summed E-state index contributed by atoms with van der Waals surface area (Å²) in [6.45, 7) is 4.77. The summed E-state index contributed by atoms with van der Waals surface area (Å²) in [7, 11) is 3.16. The van der Waals surface area contributed by atoms with Gasteiger partial charge in [-0.2, -0.15) is 10.1 Å². The lowest BCUT2D eigenvalue weighted by Gasteiger charge is -2.30. The van der Waals surface area contributed by atoms with Gasteiger partial charge in [-0.1, -0.05) is 0 Å². The number of aromatic nitrogens is 5. The van der Waals surface area contributed by atoms with E-state index in [1.165, 1.54) is 0 Å². The molecule has 11 nitrogen and oxygen atoms in total. The minimum atomic E-state index is -0.528. The number of methoxy groups -OCH3 is 2. The van der Waals surface area contributed by atoms with Crippen LogP contribution in [-0.2, 0) is 22.6 Å². The standard InChI is InChI=1S/C21H26N8O3/c1-12-17-19(26-18(13(2)31-3)20(30)27-17)28-21(25-12)23-8-15-9-24-29(11-15)10-14-5-6-22-16(7-14)32-4/h5-7,9,11,13,18H,8,10H2,1-4H3,(H,27,30)(H2,23,25,26,28)/t13-,18+/m1/s1. The Morgan fingerprint density at radius 2 is 2.12 bits per heavy atom.